The monoisotopic (exact) mass is 450 g/mol. The molecule has 0 aliphatic carbocycles. The number of nitrogens with zero attached hydrogens (tertiary/aromatic N) is 2. The van der Waals surface area contributed by atoms with Crippen molar-refractivity contribution in [3.63, 3.8) is 0 Å². The number of hydrogen-bond donors (Lipinski definition) is 0. The Balaban J connectivity index is 2.06. The van der Waals surface area contributed by atoms with Gasteiger partial charge in [0.25, 0.3) is 0 Å². The van der Waals surface area contributed by atoms with Crippen molar-refractivity contribution in [2.24, 2.45) is 0 Å². The minimum atomic E-state index is -4.09. The van der Waals surface area contributed by atoms with Crippen LogP contribution in [-0.2, 0) is 34.7 Å². The van der Waals surface area contributed by atoms with E-state index in [1.54, 1.807) is 13.8 Å². The van der Waals surface area contributed by atoms with Gasteiger partial charge in [-0.2, -0.15) is 4.31 Å². The number of sulfone groups is 1. The van der Waals surface area contributed by atoms with Crippen molar-refractivity contribution in [3.8, 4) is 0 Å². The molecule has 0 aromatic heterocycles. The zero-order valence-electron chi connectivity index (χ0n) is 15.5. The fraction of sp³-hybridized carbons (Fsp3) is 0.562. The van der Waals surface area contributed by atoms with Gasteiger partial charge in [-0.05, 0) is 31.0 Å². The summed E-state index contributed by atoms with van der Waals surface area (Å²) in [5.74, 6) is -1.23. The molecular formula is C16H22N2O7S3. The largest absolute Gasteiger partial charge is 0.273 e. The SMILES string of the molecule is CCN([C@@H]1CCS(=O)(=O)C1)S(=O)(=O)c1cc(N2C(=O)CCS2(=O)=O)ccc1C. The molecule has 156 valence electrons. The number of aryl methyl sites for hydroxylation is 1. The van der Waals surface area contributed by atoms with E-state index in [4.69, 9.17) is 0 Å². The van der Waals surface area contributed by atoms with E-state index >= 15 is 0 Å². The maximum absolute atomic E-state index is 13.3. The van der Waals surface area contributed by atoms with E-state index in [1.165, 1.54) is 18.2 Å². The lowest BCUT2D eigenvalue weighted by Crippen LogP contribution is -2.41. The summed E-state index contributed by atoms with van der Waals surface area (Å²) in [6, 6.07) is 3.35. The summed E-state index contributed by atoms with van der Waals surface area (Å²) in [5, 5.41) is 0. The van der Waals surface area contributed by atoms with Crippen molar-refractivity contribution in [1.29, 1.82) is 0 Å². The molecule has 0 unspecified atom stereocenters. The van der Waals surface area contributed by atoms with Crippen LogP contribution < -0.4 is 4.31 Å². The molecule has 0 bridgehead atoms. The van der Waals surface area contributed by atoms with Crippen LogP contribution in [0, 0.1) is 6.92 Å². The van der Waals surface area contributed by atoms with Gasteiger partial charge in [-0.3, -0.25) is 4.79 Å². The van der Waals surface area contributed by atoms with Gasteiger partial charge in [0.1, 0.15) is 0 Å². The van der Waals surface area contributed by atoms with Crippen LogP contribution >= 0.6 is 0 Å². The second-order valence-electron chi connectivity index (χ2n) is 6.94. The first kappa shape index (κ1) is 21.2. The molecule has 0 spiro atoms. The zero-order valence-corrected chi connectivity index (χ0v) is 18.0. The Labute approximate surface area is 165 Å². The summed E-state index contributed by atoms with van der Waals surface area (Å²) in [6.45, 7) is 3.26. The van der Waals surface area contributed by atoms with Crippen LogP contribution in [0.1, 0.15) is 25.3 Å². The van der Waals surface area contributed by atoms with Crippen LogP contribution in [-0.4, -0.2) is 65.3 Å². The molecular weight excluding hydrogens is 428 g/mol. The Bertz CT molecular complexity index is 1120. The van der Waals surface area contributed by atoms with Crippen LogP contribution in [0.25, 0.3) is 0 Å². The molecule has 0 N–H and O–H groups in total. The molecule has 2 saturated heterocycles. The highest BCUT2D eigenvalue weighted by Crippen LogP contribution is 2.32. The molecule has 1 atom stereocenters. The molecule has 3 rings (SSSR count). The Morgan fingerprint density at radius 1 is 1.18 bits per heavy atom. The van der Waals surface area contributed by atoms with Gasteiger partial charge < -0.3 is 0 Å². The average Bonchev–Trinajstić information content (AvgIpc) is 3.07. The molecule has 0 saturated carbocycles. The topological polar surface area (TPSA) is 126 Å². The smallest absolute Gasteiger partial charge is 0.243 e. The van der Waals surface area contributed by atoms with Crippen molar-refractivity contribution < 1.29 is 30.0 Å². The molecule has 12 heteroatoms. The minimum Gasteiger partial charge on any atom is -0.273 e. The third kappa shape index (κ3) is 3.70. The summed E-state index contributed by atoms with van der Waals surface area (Å²) in [5.41, 5.74) is 0.355. The molecule has 28 heavy (non-hydrogen) atoms. The van der Waals surface area contributed by atoms with Crippen LogP contribution in [0.3, 0.4) is 0 Å². The minimum absolute atomic E-state index is 0.0261. The van der Waals surface area contributed by atoms with Gasteiger partial charge in [0.05, 0.1) is 27.8 Å². The number of rotatable bonds is 5. The van der Waals surface area contributed by atoms with Gasteiger partial charge in [-0.15, -0.1) is 0 Å². The Kier molecular flexibility index (Phi) is 5.36. The Morgan fingerprint density at radius 3 is 2.36 bits per heavy atom. The van der Waals surface area contributed by atoms with Gasteiger partial charge >= 0.3 is 0 Å². The number of amides is 1. The highest BCUT2D eigenvalue weighted by Gasteiger charge is 2.40. The van der Waals surface area contributed by atoms with E-state index in [1.807, 2.05) is 0 Å². The lowest BCUT2D eigenvalue weighted by atomic mass is 10.2. The van der Waals surface area contributed by atoms with Gasteiger partial charge in [0.15, 0.2) is 9.84 Å². The highest BCUT2D eigenvalue weighted by molar-refractivity contribution is 7.94. The number of carbonyl (C=O) groups excluding carboxylic acids is 1. The normalized spacial score (nSPS) is 24.2. The summed E-state index contributed by atoms with van der Waals surface area (Å²) < 4.78 is 76.3. The summed E-state index contributed by atoms with van der Waals surface area (Å²) in [7, 11) is -11.2. The lowest BCUT2D eigenvalue weighted by molar-refractivity contribution is -0.116. The lowest BCUT2D eigenvalue weighted by Gasteiger charge is -2.27. The first-order valence-corrected chi connectivity index (χ1v) is 13.6. The Hall–Kier alpha value is -1.50. The third-order valence-corrected chi connectivity index (χ3v) is 10.6. The summed E-state index contributed by atoms with van der Waals surface area (Å²) >= 11 is 0. The molecule has 2 aliphatic heterocycles. The highest BCUT2D eigenvalue weighted by atomic mass is 32.2. The average molecular weight is 451 g/mol. The number of sulfonamides is 2. The van der Waals surface area contributed by atoms with Gasteiger partial charge in [-0.1, -0.05) is 13.0 Å². The van der Waals surface area contributed by atoms with E-state index < -0.39 is 41.8 Å². The second kappa shape index (κ2) is 7.08. The summed E-state index contributed by atoms with van der Waals surface area (Å²) in [6.07, 6.45) is 0.0619. The van der Waals surface area contributed by atoms with Crippen LogP contribution in [0.5, 0.6) is 0 Å². The van der Waals surface area contributed by atoms with E-state index in [2.05, 4.69) is 0 Å². The number of anilines is 1. The van der Waals surface area contributed by atoms with E-state index in [0.717, 1.165) is 4.31 Å². The molecule has 2 fully saturated rings. The molecule has 1 amide bonds. The first-order valence-electron chi connectivity index (χ1n) is 8.78. The zero-order chi connectivity index (χ0) is 20.9. The van der Waals surface area contributed by atoms with Crippen LogP contribution in [0.15, 0.2) is 23.1 Å². The van der Waals surface area contributed by atoms with Crippen LogP contribution in [0.4, 0.5) is 5.69 Å². The maximum Gasteiger partial charge on any atom is 0.243 e. The van der Waals surface area contributed by atoms with E-state index in [0.29, 0.717) is 9.87 Å². The van der Waals surface area contributed by atoms with Crippen molar-refractivity contribution in [1.82, 2.24) is 4.31 Å². The molecule has 1 aromatic carbocycles. The molecule has 0 radical (unpaired) electrons. The number of carbonyl (C=O) groups is 1. The number of hydrogen-bond acceptors (Lipinski definition) is 7. The van der Waals surface area contributed by atoms with Crippen molar-refractivity contribution in [2.75, 3.05) is 28.1 Å². The van der Waals surface area contributed by atoms with Crippen molar-refractivity contribution in [2.45, 2.75) is 37.6 Å². The predicted molar refractivity (Wildman–Crippen MR) is 104 cm³/mol. The van der Waals surface area contributed by atoms with Gasteiger partial charge in [-0.25, -0.2) is 29.6 Å². The standard InChI is InChI=1S/C16H22N2O7S3/c1-3-17(14-6-8-26(20,21)11-14)28(24,25)15-10-13(5-4-12(15)2)18-16(19)7-9-27(18,22)23/h4-5,10,14H,3,6-9,11H2,1-2H3/t14-/m1/s1. The van der Waals surface area contributed by atoms with Gasteiger partial charge in [0, 0.05) is 19.0 Å². The van der Waals surface area contributed by atoms with E-state index in [-0.39, 0.29) is 47.2 Å². The Morgan fingerprint density at radius 2 is 1.86 bits per heavy atom. The fourth-order valence-electron chi connectivity index (χ4n) is 3.62. The predicted octanol–water partition coefficient (Wildman–Crippen LogP) is 0.259. The van der Waals surface area contributed by atoms with Crippen molar-refractivity contribution >= 4 is 41.5 Å². The summed E-state index contributed by atoms with van der Waals surface area (Å²) in [4.78, 5) is 11.9. The molecule has 1 aromatic rings. The van der Waals surface area contributed by atoms with Crippen molar-refractivity contribution in [3.05, 3.63) is 23.8 Å². The maximum atomic E-state index is 13.3. The molecule has 9 nitrogen and oxygen atoms in total. The number of benzene rings is 1. The quantitative estimate of drug-likeness (QED) is 0.630. The fourth-order valence-corrected chi connectivity index (χ4v) is 8.80. The molecule has 2 aliphatic rings. The third-order valence-electron chi connectivity index (χ3n) is 5.00. The first-order chi connectivity index (χ1) is 12.9. The second-order valence-corrected chi connectivity index (χ2v) is 13.0. The van der Waals surface area contributed by atoms with E-state index in [9.17, 15) is 30.0 Å². The molecule has 2 heterocycles. The van der Waals surface area contributed by atoms with Crippen LogP contribution in [0.2, 0.25) is 0 Å². The van der Waals surface area contributed by atoms with Gasteiger partial charge in [0.2, 0.25) is 26.0 Å².